The van der Waals surface area contributed by atoms with Gasteiger partial charge in [0.2, 0.25) is 0 Å². The highest BCUT2D eigenvalue weighted by Crippen LogP contribution is 2.24. The van der Waals surface area contributed by atoms with Crippen molar-refractivity contribution >= 4 is 10.2 Å². The fraction of sp³-hybridized carbons (Fsp3) is 1.00. The first-order valence-corrected chi connectivity index (χ1v) is 9.30. The fourth-order valence-electron chi connectivity index (χ4n) is 2.70. The van der Waals surface area contributed by atoms with Gasteiger partial charge in [-0.05, 0) is 38.8 Å². The highest BCUT2D eigenvalue weighted by molar-refractivity contribution is 7.86. The van der Waals surface area contributed by atoms with Crippen LogP contribution in [0.5, 0.6) is 0 Å². The van der Waals surface area contributed by atoms with Gasteiger partial charge < -0.3 is 5.32 Å². The molecule has 0 atom stereocenters. The van der Waals surface area contributed by atoms with Crippen molar-refractivity contribution in [3.63, 3.8) is 0 Å². The van der Waals surface area contributed by atoms with E-state index in [9.17, 15) is 8.42 Å². The van der Waals surface area contributed by atoms with E-state index >= 15 is 0 Å². The molecule has 1 aliphatic rings. The lowest BCUT2D eigenvalue weighted by Gasteiger charge is -2.33. The van der Waals surface area contributed by atoms with Crippen molar-refractivity contribution in [3.05, 3.63) is 0 Å². The summed E-state index contributed by atoms with van der Waals surface area (Å²) >= 11 is 0. The first kappa shape index (κ1) is 17.9. The average Bonchev–Trinajstić information content (AvgIpc) is 2.46. The van der Waals surface area contributed by atoms with E-state index in [0.29, 0.717) is 6.54 Å². The van der Waals surface area contributed by atoms with Crippen molar-refractivity contribution in [1.82, 2.24) is 13.9 Å². The second-order valence-corrected chi connectivity index (χ2v) is 7.84. The zero-order valence-corrected chi connectivity index (χ0v) is 14.1. The molecule has 0 spiro atoms. The van der Waals surface area contributed by atoms with E-state index in [2.05, 4.69) is 12.2 Å². The van der Waals surface area contributed by atoms with Crippen LogP contribution in [0.1, 0.15) is 51.9 Å². The molecule has 1 rings (SSSR count). The highest BCUT2D eigenvalue weighted by Gasteiger charge is 2.30. The smallest absolute Gasteiger partial charge is 0.281 e. The molecule has 1 aliphatic carbocycles. The van der Waals surface area contributed by atoms with Gasteiger partial charge in [0.1, 0.15) is 0 Å². The monoisotopic (exact) mass is 305 g/mol. The molecule has 0 radical (unpaired) electrons. The van der Waals surface area contributed by atoms with E-state index in [4.69, 9.17) is 0 Å². The zero-order chi connectivity index (χ0) is 15.0. The van der Waals surface area contributed by atoms with Gasteiger partial charge in [0.15, 0.2) is 0 Å². The molecule has 1 fully saturated rings. The van der Waals surface area contributed by atoms with Crippen LogP contribution in [0.4, 0.5) is 0 Å². The fourth-order valence-corrected chi connectivity index (χ4v) is 4.08. The SMILES string of the molecule is CCCNCCCN(C)S(=O)(=O)N(C)C1CCCCC1. The van der Waals surface area contributed by atoms with Crippen LogP contribution >= 0.6 is 0 Å². The number of hydrogen-bond acceptors (Lipinski definition) is 3. The second-order valence-electron chi connectivity index (χ2n) is 5.74. The van der Waals surface area contributed by atoms with Crippen LogP contribution in [0, 0.1) is 0 Å². The lowest BCUT2D eigenvalue weighted by atomic mass is 9.96. The lowest BCUT2D eigenvalue weighted by molar-refractivity contribution is 0.268. The van der Waals surface area contributed by atoms with Crippen LogP contribution in [0.2, 0.25) is 0 Å². The van der Waals surface area contributed by atoms with E-state index in [1.807, 2.05) is 0 Å². The Morgan fingerprint density at radius 3 is 2.35 bits per heavy atom. The first-order chi connectivity index (χ1) is 9.50. The minimum atomic E-state index is -3.29. The summed E-state index contributed by atoms with van der Waals surface area (Å²) in [5.41, 5.74) is 0. The summed E-state index contributed by atoms with van der Waals surface area (Å²) < 4.78 is 28.0. The summed E-state index contributed by atoms with van der Waals surface area (Å²) in [6, 6.07) is 0.189. The molecule has 0 unspecified atom stereocenters. The molecule has 20 heavy (non-hydrogen) atoms. The standard InChI is InChI=1S/C14H31N3O2S/c1-4-11-15-12-8-13-16(2)20(18,19)17(3)14-9-6-5-7-10-14/h14-15H,4-13H2,1-3H3. The Morgan fingerprint density at radius 2 is 1.75 bits per heavy atom. The molecule has 0 heterocycles. The molecular formula is C14H31N3O2S. The third-order valence-electron chi connectivity index (χ3n) is 4.10. The van der Waals surface area contributed by atoms with Crippen LogP contribution in [-0.2, 0) is 10.2 Å². The minimum Gasteiger partial charge on any atom is -0.317 e. The van der Waals surface area contributed by atoms with Gasteiger partial charge in [-0.15, -0.1) is 0 Å². The number of rotatable bonds is 9. The summed E-state index contributed by atoms with van der Waals surface area (Å²) in [5, 5.41) is 3.30. The molecule has 0 aromatic rings. The van der Waals surface area contributed by atoms with Crippen molar-refractivity contribution in [2.75, 3.05) is 33.7 Å². The van der Waals surface area contributed by atoms with Crippen LogP contribution < -0.4 is 5.32 Å². The lowest BCUT2D eigenvalue weighted by Crippen LogP contribution is -2.46. The Balaban J connectivity index is 2.40. The Morgan fingerprint density at radius 1 is 1.10 bits per heavy atom. The van der Waals surface area contributed by atoms with Gasteiger partial charge in [0.05, 0.1) is 0 Å². The molecule has 0 aliphatic heterocycles. The Kier molecular flexibility index (Phi) is 8.02. The number of hydrogen-bond donors (Lipinski definition) is 1. The minimum absolute atomic E-state index is 0.189. The van der Waals surface area contributed by atoms with E-state index in [1.165, 1.54) is 10.7 Å². The molecule has 0 saturated heterocycles. The summed E-state index contributed by atoms with van der Waals surface area (Å²) in [6.45, 7) is 4.58. The van der Waals surface area contributed by atoms with Gasteiger partial charge in [-0.25, -0.2) is 0 Å². The molecule has 120 valence electrons. The van der Waals surface area contributed by atoms with Gasteiger partial charge in [-0.1, -0.05) is 26.2 Å². The number of nitrogens with zero attached hydrogens (tertiary/aromatic N) is 2. The van der Waals surface area contributed by atoms with Gasteiger partial charge in [0.25, 0.3) is 10.2 Å². The quantitative estimate of drug-likeness (QED) is 0.661. The average molecular weight is 305 g/mol. The predicted molar refractivity (Wildman–Crippen MR) is 84.0 cm³/mol. The van der Waals surface area contributed by atoms with E-state index in [-0.39, 0.29) is 6.04 Å². The van der Waals surface area contributed by atoms with Crippen LogP contribution in [0.3, 0.4) is 0 Å². The maximum absolute atomic E-state index is 12.5. The van der Waals surface area contributed by atoms with Crippen molar-refractivity contribution in [1.29, 1.82) is 0 Å². The highest BCUT2D eigenvalue weighted by atomic mass is 32.2. The van der Waals surface area contributed by atoms with Crippen molar-refractivity contribution in [3.8, 4) is 0 Å². The maximum Gasteiger partial charge on any atom is 0.281 e. The number of nitrogens with one attached hydrogen (secondary N) is 1. The van der Waals surface area contributed by atoms with Crippen molar-refractivity contribution in [2.24, 2.45) is 0 Å². The van der Waals surface area contributed by atoms with Gasteiger partial charge in [0, 0.05) is 26.7 Å². The molecule has 0 amide bonds. The largest absolute Gasteiger partial charge is 0.317 e. The van der Waals surface area contributed by atoms with Gasteiger partial charge in [-0.2, -0.15) is 17.0 Å². The summed E-state index contributed by atoms with van der Waals surface area (Å²) in [4.78, 5) is 0. The summed E-state index contributed by atoms with van der Waals surface area (Å²) in [6.07, 6.45) is 7.50. The Labute approximate surface area is 124 Å². The van der Waals surface area contributed by atoms with Gasteiger partial charge >= 0.3 is 0 Å². The van der Waals surface area contributed by atoms with Crippen LogP contribution in [0.25, 0.3) is 0 Å². The summed E-state index contributed by atoms with van der Waals surface area (Å²) in [7, 11) is 0.130. The molecule has 0 bridgehead atoms. The normalized spacial score (nSPS) is 18.1. The first-order valence-electron chi connectivity index (χ1n) is 7.90. The molecule has 6 heteroatoms. The van der Waals surface area contributed by atoms with Crippen molar-refractivity contribution in [2.45, 2.75) is 57.9 Å². The van der Waals surface area contributed by atoms with E-state index < -0.39 is 10.2 Å². The third kappa shape index (κ3) is 5.31. The molecule has 1 N–H and O–H groups in total. The van der Waals surface area contributed by atoms with Crippen LogP contribution in [-0.4, -0.2) is 56.8 Å². The molecule has 0 aromatic carbocycles. The van der Waals surface area contributed by atoms with E-state index in [1.54, 1.807) is 18.4 Å². The predicted octanol–water partition coefficient (Wildman–Crippen LogP) is 1.82. The molecular weight excluding hydrogens is 274 g/mol. The topological polar surface area (TPSA) is 52.7 Å². The zero-order valence-electron chi connectivity index (χ0n) is 13.3. The molecule has 1 saturated carbocycles. The van der Waals surface area contributed by atoms with Gasteiger partial charge in [-0.3, -0.25) is 0 Å². The van der Waals surface area contributed by atoms with Crippen molar-refractivity contribution < 1.29 is 8.42 Å². The van der Waals surface area contributed by atoms with Crippen LogP contribution in [0.15, 0.2) is 0 Å². The summed E-state index contributed by atoms with van der Waals surface area (Å²) in [5.74, 6) is 0. The third-order valence-corrected chi connectivity index (χ3v) is 6.10. The maximum atomic E-state index is 12.5. The Bertz CT molecular complexity index is 353. The molecule has 5 nitrogen and oxygen atoms in total. The second kappa shape index (κ2) is 8.97. The van der Waals surface area contributed by atoms with E-state index in [0.717, 1.165) is 51.6 Å². The Hall–Kier alpha value is -0.170. The molecule has 0 aromatic heterocycles.